The molecule has 0 unspecified atom stereocenters. The smallest absolute Gasteiger partial charge is 0.251 e. The van der Waals surface area contributed by atoms with Gasteiger partial charge in [0, 0.05) is 12.3 Å². The van der Waals surface area contributed by atoms with Crippen LogP contribution in [-0.2, 0) is 11.2 Å². The minimum absolute atomic E-state index is 0.0155. The van der Waals surface area contributed by atoms with E-state index >= 15 is 0 Å². The molecule has 2 aromatic heterocycles. The van der Waals surface area contributed by atoms with Crippen LogP contribution in [0.4, 0.5) is 0 Å². The first-order chi connectivity index (χ1) is 15.4. The molecule has 3 heterocycles. The third-order valence-electron chi connectivity index (χ3n) is 5.50. The Bertz CT molecular complexity index is 1160. The molecule has 3 aromatic rings. The first-order valence-corrected chi connectivity index (χ1v) is 10.6. The maximum atomic E-state index is 13.1. The van der Waals surface area contributed by atoms with Crippen molar-refractivity contribution in [1.82, 2.24) is 20.3 Å². The van der Waals surface area contributed by atoms with Gasteiger partial charge in [0.15, 0.2) is 5.82 Å². The first kappa shape index (κ1) is 21.5. The lowest BCUT2D eigenvalue weighted by Crippen LogP contribution is -2.41. The highest BCUT2D eigenvalue weighted by Crippen LogP contribution is 2.31. The van der Waals surface area contributed by atoms with Gasteiger partial charge in [-0.15, -0.1) is 0 Å². The van der Waals surface area contributed by atoms with Crippen LogP contribution in [0.5, 0.6) is 11.5 Å². The summed E-state index contributed by atoms with van der Waals surface area (Å²) in [4.78, 5) is 37.1. The topological polar surface area (TPSA) is 106 Å². The lowest BCUT2D eigenvalue weighted by atomic mass is 9.94. The molecule has 1 aliphatic rings. The van der Waals surface area contributed by atoms with E-state index in [1.54, 1.807) is 25.4 Å². The van der Waals surface area contributed by atoms with Gasteiger partial charge in [-0.1, -0.05) is 19.9 Å². The van der Waals surface area contributed by atoms with Gasteiger partial charge < -0.3 is 19.8 Å². The van der Waals surface area contributed by atoms with Gasteiger partial charge in [0.1, 0.15) is 23.8 Å². The summed E-state index contributed by atoms with van der Waals surface area (Å²) >= 11 is 0. The van der Waals surface area contributed by atoms with Crippen LogP contribution in [0.2, 0.25) is 0 Å². The third-order valence-corrected chi connectivity index (χ3v) is 5.50. The Kier molecular flexibility index (Phi) is 6.20. The fourth-order valence-corrected chi connectivity index (χ4v) is 3.78. The van der Waals surface area contributed by atoms with Crippen molar-refractivity contribution in [2.45, 2.75) is 26.3 Å². The number of hydrogen-bond acceptors (Lipinski definition) is 6. The Morgan fingerprint density at radius 3 is 2.81 bits per heavy atom. The largest absolute Gasteiger partial charge is 0.497 e. The SMILES string of the molecule is COc1ccc2c(c1)C[C@H](C(=O)N[C@H](c1cc(=O)[nH]c(-c3ccccn3)n1)C(C)C)CO2. The van der Waals surface area contributed by atoms with Gasteiger partial charge in [0.25, 0.3) is 5.56 Å². The maximum absolute atomic E-state index is 13.1. The highest BCUT2D eigenvalue weighted by atomic mass is 16.5. The van der Waals surface area contributed by atoms with Crippen molar-refractivity contribution in [3.63, 3.8) is 0 Å². The molecule has 1 amide bonds. The molecule has 8 nitrogen and oxygen atoms in total. The second kappa shape index (κ2) is 9.21. The van der Waals surface area contributed by atoms with Crippen LogP contribution in [0.1, 0.15) is 31.1 Å². The van der Waals surface area contributed by atoms with E-state index < -0.39 is 6.04 Å². The third kappa shape index (κ3) is 4.64. The molecule has 2 atom stereocenters. The zero-order valence-electron chi connectivity index (χ0n) is 18.3. The van der Waals surface area contributed by atoms with Crippen LogP contribution in [0.25, 0.3) is 11.5 Å². The lowest BCUT2D eigenvalue weighted by molar-refractivity contribution is -0.127. The second-order valence-electron chi connectivity index (χ2n) is 8.15. The number of benzene rings is 1. The Balaban J connectivity index is 1.56. The summed E-state index contributed by atoms with van der Waals surface area (Å²) in [7, 11) is 1.61. The van der Waals surface area contributed by atoms with Gasteiger partial charge >= 0.3 is 0 Å². The molecule has 2 N–H and O–H groups in total. The van der Waals surface area contributed by atoms with Crippen molar-refractivity contribution in [2.24, 2.45) is 11.8 Å². The molecular weight excluding hydrogens is 408 g/mol. The highest BCUT2D eigenvalue weighted by molar-refractivity contribution is 5.80. The average Bonchev–Trinajstić information content (AvgIpc) is 2.81. The monoisotopic (exact) mass is 434 g/mol. The van der Waals surface area contributed by atoms with E-state index in [4.69, 9.17) is 9.47 Å². The minimum atomic E-state index is -0.432. The molecule has 0 saturated carbocycles. The van der Waals surface area contributed by atoms with E-state index in [9.17, 15) is 9.59 Å². The van der Waals surface area contributed by atoms with Crippen LogP contribution in [-0.4, -0.2) is 34.6 Å². The number of amides is 1. The Morgan fingerprint density at radius 2 is 2.09 bits per heavy atom. The van der Waals surface area contributed by atoms with Crippen molar-refractivity contribution in [1.29, 1.82) is 0 Å². The zero-order valence-corrected chi connectivity index (χ0v) is 18.3. The Labute approximate surface area is 186 Å². The van der Waals surface area contributed by atoms with Crippen molar-refractivity contribution in [3.05, 3.63) is 70.3 Å². The van der Waals surface area contributed by atoms with Crippen molar-refractivity contribution < 1.29 is 14.3 Å². The molecule has 0 saturated heterocycles. The molecule has 1 aromatic carbocycles. The molecule has 0 radical (unpaired) electrons. The van der Waals surface area contributed by atoms with Gasteiger partial charge in [-0.3, -0.25) is 14.6 Å². The zero-order chi connectivity index (χ0) is 22.7. The van der Waals surface area contributed by atoms with Crippen LogP contribution in [0.3, 0.4) is 0 Å². The van der Waals surface area contributed by atoms with E-state index in [1.165, 1.54) is 6.07 Å². The van der Waals surface area contributed by atoms with Crippen LogP contribution >= 0.6 is 0 Å². The number of pyridine rings is 1. The molecule has 32 heavy (non-hydrogen) atoms. The molecule has 0 aliphatic carbocycles. The summed E-state index contributed by atoms with van der Waals surface area (Å²) in [6, 6.07) is 12.0. The van der Waals surface area contributed by atoms with E-state index in [1.807, 2.05) is 38.1 Å². The number of rotatable bonds is 6. The highest BCUT2D eigenvalue weighted by Gasteiger charge is 2.30. The quantitative estimate of drug-likeness (QED) is 0.618. The number of nitrogens with zero attached hydrogens (tertiary/aromatic N) is 2. The number of carbonyl (C=O) groups is 1. The number of aromatic amines is 1. The van der Waals surface area contributed by atoms with Crippen LogP contribution in [0, 0.1) is 11.8 Å². The normalized spacial score (nSPS) is 16.1. The number of aromatic nitrogens is 3. The number of fused-ring (bicyclic) bond motifs is 1. The van der Waals surface area contributed by atoms with Crippen molar-refractivity contribution in [3.8, 4) is 23.0 Å². The van der Waals surface area contributed by atoms with Gasteiger partial charge in [0.2, 0.25) is 5.91 Å². The number of H-pyrrole nitrogens is 1. The molecular formula is C24H26N4O4. The summed E-state index contributed by atoms with van der Waals surface area (Å²) in [6.07, 6.45) is 2.19. The Hall–Kier alpha value is -3.68. The van der Waals surface area contributed by atoms with E-state index in [0.717, 1.165) is 17.1 Å². The molecule has 0 spiro atoms. The van der Waals surface area contributed by atoms with Gasteiger partial charge in [-0.05, 0) is 48.2 Å². The van der Waals surface area contributed by atoms with Crippen molar-refractivity contribution >= 4 is 5.91 Å². The summed E-state index contributed by atoms with van der Waals surface area (Å²) in [5.74, 6) is 1.39. The Morgan fingerprint density at radius 1 is 1.25 bits per heavy atom. The molecule has 0 bridgehead atoms. The van der Waals surface area contributed by atoms with E-state index in [2.05, 4.69) is 20.3 Å². The number of methoxy groups -OCH3 is 1. The van der Waals surface area contributed by atoms with Crippen LogP contribution < -0.4 is 20.3 Å². The predicted molar refractivity (Wildman–Crippen MR) is 119 cm³/mol. The molecule has 8 heteroatoms. The lowest BCUT2D eigenvalue weighted by Gasteiger charge is -2.28. The predicted octanol–water partition coefficient (Wildman–Crippen LogP) is 2.91. The molecule has 0 fully saturated rings. The van der Waals surface area contributed by atoms with E-state index in [-0.39, 0.29) is 29.9 Å². The fourth-order valence-electron chi connectivity index (χ4n) is 3.78. The standard InChI is InChI=1S/C24H26N4O4/c1-14(2)22(19-12-21(29)27-23(26-19)18-6-4-5-9-25-18)28-24(30)16-10-15-11-17(31-3)7-8-20(15)32-13-16/h4-9,11-12,14,16,22H,10,13H2,1-3H3,(H,28,30)(H,26,27,29)/t16-,22-/m0/s1. The molecule has 4 rings (SSSR count). The second-order valence-corrected chi connectivity index (χ2v) is 8.15. The number of ether oxygens (including phenoxy) is 2. The maximum Gasteiger partial charge on any atom is 0.251 e. The van der Waals surface area contributed by atoms with Crippen LogP contribution in [0.15, 0.2) is 53.5 Å². The number of carbonyl (C=O) groups excluding carboxylic acids is 1. The van der Waals surface area contributed by atoms with Gasteiger partial charge in [0.05, 0.1) is 24.8 Å². The average molecular weight is 434 g/mol. The van der Waals surface area contributed by atoms with Gasteiger partial charge in [-0.2, -0.15) is 0 Å². The first-order valence-electron chi connectivity index (χ1n) is 10.6. The summed E-state index contributed by atoms with van der Waals surface area (Å²) in [5, 5.41) is 3.08. The fraction of sp³-hybridized carbons (Fsp3) is 0.333. The summed E-state index contributed by atoms with van der Waals surface area (Å²) < 4.78 is 11.1. The molecule has 1 aliphatic heterocycles. The number of nitrogens with one attached hydrogen (secondary N) is 2. The summed E-state index contributed by atoms with van der Waals surface area (Å²) in [6.45, 7) is 4.25. The summed E-state index contributed by atoms with van der Waals surface area (Å²) in [5.41, 5.74) is 1.70. The number of hydrogen-bond donors (Lipinski definition) is 2. The molecule has 166 valence electrons. The minimum Gasteiger partial charge on any atom is -0.497 e. The van der Waals surface area contributed by atoms with E-state index in [0.29, 0.717) is 23.6 Å². The van der Waals surface area contributed by atoms with Crippen molar-refractivity contribution in [2.75, 3.05) is 13.7 Å². The van der Waals surface area contributed by atoms with Gasteiger partial charge in [-0.25, -0.2) is 4.98 Å².